The Hall–Kier alpha value is -3.82. The number of esters is 1. The van der Waals surface area contributed by atoms with Crippen LogP contribution in [0.2, 0.25) is 5.02 Å². The maximum atomic E-state index is 11.3. The minimum atomic E-state index is -1.15. The van der Waals surface area contributed by atoms with Crippen molar-refractivity contribution in [3.05, 3.63) is 77.0 Å². The number of carboxylic acids is 1. The largest absolute Gasteiger partial charge is 0.506 e. The molecule has 0 fully saturated rings. The average Bonchev–Trinajstić information content (AvgIpc) is 3.03. The lowest BCUT2D eigenvalue weighted by Gasteiger charge is -2.27. The van der Waals surface area contributed by atoms with Crippen molar-refractivity contribution in [2.45, 2.75) is 32.6 Å². The van der Waals surface area contributed by atoms with Gasteiger partial charge in [-0.15, -0.1) is 0 Å². The van der Waals surface area contributed by atoms with E-state index in [4.69, 9.17) is 21.4 Å². The average molecular weight is 545 g/mol. The molecular formula is C28H33ClN2O7. The monoisotopic (exact) mass is 544 g/mol. The molecular weight excluding hydrogens is 512 g/mol. The van der Waals surface area contributed by atoms with Gasteiger partial charge in [0.1, 0.15) is 12.0 Å². The zero-order valence-electron chi connectivity index (χ0n) is 21.3. The topological polar surface area (TPSA) is 125 Å². The molecule has 0 spiro atoms. The first-order valence-electron chi connectivity index (χ1n) is 12.3. The van der Waals surface area contributed by atoms with E-state index in [9.17, 15) is 19.5 Å². The summed E-state index contributed by atoms with van der Waals surface area (Å²) in [5.74, 6) is -1.31. The Morgan fingerprint density at radius 2 is 1.87 bits per heavy atom. The van der Waals surface area contributed by atoms with E-state index in [1.807, 2.05) is 6.07 Å². The Balaban J connectivity index is 0.000000550. The second-order valence-corrected chi connectivity index (χ2v) is 8.56. The molecule has 0 bridgehead atoms. The minimum Gasteiger partial charge on any atom is -0.506 e. The van der Waals surface area contributed by atoms with Gasteiger partial charge in [-0.25, -0.2) is 9.59 Å². The number of aromatic hydroxyl groups is 1. The second kappa shape index (κ2) is 16.8. The van der Waals surface area contributed by atoms with Crippen LogP contribution in [0.1, 0.15) is 30.9 Å². The lowest BCUT2D eigenvalue weighted by Crippen LogP contribution is -2.22. The summed E-state index contributed by atoms with van der Waals surface area (Å²) in [5.41, 5.74) is 4.72. The van der Waals surface area contributed by atoms with Crippen LogP contribution in [0.3, 0.4) is 0 Å². The number of para-hydroxylation sites is 1. The molecule has 204 valence electrons. The van der Waals surface area contributed by atoms with Gasteiger partial charge in [-0.1, -0.05) is 35.9 Å². The SMILES string of the molecule is CCOC(=O)/C=C/CNCCCCN1c2ccccc2CCc2cc(O)c(Cl)cc21.O=CO/C=C\C(=O)O. The van der Waals surface area contributed by atoms with Gasteiger partial charge in [-0.3, -0.25) is 4.79 Å². The van der Waals surface area contributed by atoms with Gasteiger partial charge in [0, 0.05) is 30.5 Å². The Kier molecular flexibility index (Phi) is 13.5. The molecule has 0 saturated carbocycles. The molecule has 9 nitrogen and oxygen atoms in total. The predicted octanol–water partition coefficient (Wildman–Crippen LogP) is 4.53. The van der Waals surface area contributed by atoms with Gasteiger partial charge in [-0.05, 0) is 68.5 Å². The molecule has 1 heterocycles. The number of halogens is 1. The van der Waals surface area contributed by atoms with E-state index in [-0.39, 0.29) is 18.2 Å². The van der Waals surface area contributed by atoms with Crippen LogP contribution in [0, 0.1) is 0 Å². The highest BCUT2D eigenvalue weighted by Gasteiger charge is 2.21. The molecule has 0 aliphatic carbocycles. The molecule has 1 aliphatic heterocycles. The lowest BCUT2D eigenvalue weighted by molar-refractivity contribution is -0.137. The van der Waals surface area contributed by atoms with Crippen LogP contribution in [0.15, 0.2) is 60.9 Å². The zero-order valence-corrected chi connectivity index (χ0v) is 22.0. The van der Waals surface area contributed by atoms with Crippen LogP contribution in [-0.2, 0) is 36.7 Å². The number of fused-ring (bicyclic) bond motifs is 2. The lowest BCUT2D eigenvalue weighted by atomic mass is 10.0. The van der Waals surface area contributed by atoms with Crippen molar-refractivity contribution < 1.29 is 34.1 Å². The van der Waals surface area contributed by atoms with E-state index in [1.54, 1.807) is 19.1 Å². The van der Waals surface area contributed by atoms with Crippen LogP contribution in [0.4, 0.5) is 11.4 Å². The molecule has 0 amide bonds. The molecule has 2 aromatic rings. The Morgan fingerprint density at radius 1 is 1.11 bits per heavy atom. The van der Waals surface area contributed by atoms with E-state index in [0.717, 1.165) is 56.3 Å². The number of nitrogens with zero attached hydrogens (tertiary/aromatic N) is 1. The number of carboxylic acid groups (broad SMARTS) is 1. The van der Waals surface area contributed by atoms with Gasteiger partial charge in [0.05, 0.1) is 17.7 Å². The molecule has 0 radical (unpaired) electrons. The number of carbonyl (C=O) groups is 3. The summed E-state index contributed by atoms with van der Waals surface area (Å²) in [5, 5.41) is 21.6. The zero-order chi connectivity index (χ0) is 27.8. The maximum absolute atomic E-state index is 11.3. The number of nitrogens with one attached hydrogen (secondary N) is 1. The van der Waals surface area contributed by atoms with E-state index >= 15 is 0 Å². The quantitative estimate of drug-likeness (QED) is 0.116. The summed E-state index contributed by atoms with van der Waals surface area (Å²) in [6.45, 7) is 4.70. The second-order valence-electron chi connectivity index (χ2n) is 8.15. The number of aliphatic carboxylic acids is 1. The third-order valence-electron chi connectivity index (χ3n) is 5.52. The number of benzene rings is 2. The number of carbonyl (C=O) groups excluding carboxylic acids is 2. The number of ether oxygens (including phenoxy) is 2. The number of anilines is 2. The third kappa shape index (κ3) is 10.3. The van der Waals surface area contributed by atoms with Crippen LogP contribution in [-0.4, -0.2) is 54.9 Å². The smallest absolute Gasteiger partial charge is 0.331 e. The number of unbranched alkanes of at least 4 members (excludes halogenated alkanes) is 1. The highest BCUT2D eigenvalue weighted by molar-refractivity contribution is 6.32. The molecule has 10 heteroatoms. The number of phenols is 1. The van der Waals surface area contributed by atoms with Crippen molar-refractivity contribution in [2.75, 3.05) is 31.1 Å². The van der Waals surface area contributed by atoms with Crippen molar-refractivity contribution >= 4 is 41.4 Å². The number of rotatable bonds is 12. The van der Waals surface area contributed by atoms with Crippen molar-refractivity contribution in [2.24, 2.45) is 0 Å². The van der Waals surface area contributed by atoms with E-state index in [1.165, 1.54) is 17.3 Å². The van der Waals surface area contributed by atoms with E-state index < -0.39 is 5.97 Å². The number of hydrogen-bond acceptors (Lipinski definition) is 8. The summed E-state index contributed by atoms with van der Waals surface area (Å²) in [7, 11) is 0. The molecule has 3 rings (SSSR count). The molecule has 0 atom stereocenters. The van der Waals surface area contributed by atoms with Crippen molar-refractivity contribution in [1.82, 2.24) is 5.32 Å². The molecule has 0 aromatic heterocycles. The molecule has 0 unspecified atom stereocenters. The maximum Gasteiger partial charge on any atom is 0.331 e. The predicted molar refractivity (Wildman–Crippen MR) is 146 cm³/mol. The van der Waals surface area contributed by atoms with E-state index in [2.05, 4.69) is 39.2 Å². The van der Waals surface area contributed by atoms with Crippen molar-refractivity contribution in [1.29, 1.82) is 0 Å². The molecule has 3 N–H and O–H groups in total. The molecule has 2 aromatic carbocycles. The Morgan fingerprint density at radius 3 is 2.61 bits per heavy atom. The summed E-state index contributed by atoms with van der Waals surface area (Å²) in [6, 6.07) is 12.2. The summed E-state index contributed by atoms with van der Waals surface area (Å²) >= 11 is 6.24. The number of hydrogen-bond donors (Lipinski definition) is 3. The van der Waals surface area contributed by atoms with Gasteiger partial charge < -0.3 is 29.9 Å². The van der Waals surface area contributed by atoms with Crippen LogP contribution in [0.25, 0.3) is 0 Å². The molecule has 1 aliphatic rings. The third-order valence-corrected chi connectivity index (χ3v) is 5.82. The first kappa shape index (κ1) is 30.4. The van der Waals surface area contributed by atoms with Crippen LogP contribution >= 0.6 is 11.6 Å². The molecule has 38 heavy (non-hydrogen) atoms. The Bertz CT molecular complexity index is 1130. The summed E-state index contributed by atoms with van der Waals surface area (Å²) < 4.78 is 8.76. The van der Waals surface area contributed by atoms with E-state index in [0.29, 0.717) is 24.3 Å². The van der Waals surface area contributed by atoms with Crippen molar-refractivity contribution in [3.63, 3.8) is 0 Å². The van der Waals surface area contributed by atoms with Crippen LogP contribution < -0.4 is 10.2 Å². The van der Waals surface area contributed by atoms with Crippen molar-refractivity contribution in [3.8, 4) is 5.75 Å². The van der Waals surface area contributed by atoms with Crippen LogP contribution in [0.5, 0.6) is 5.75 Å². The number of phenolic OH excluding ortho intramolecular Hbond substituents is 1. The van der Waals surface area contributed by atoms with Gasteiger partial charge in [0.15, 0.2) is 0 Å². The normalized spacial score (nSPS) is 12.2. The minimum absolute atomic E-state index is 0.138. The van der Waals surface area contributed by atoms with Gasteiger partial charge >= 0.3 is 11.9 Å². The summed E-state index contributed by atoms with van der Waals surface area (Å²) in [4.78, 5) is 32.5. The first-order valence-corrected chi connectivity index (χ1v) is 12.6. The number of aryl methyl sites for hydroxylation is 2. The fourth-order valence-corrected chi connectivity index (χ4v) is 4.01. The standard InChI is InChI=1S/C24H29ClN2O3.C4H4O4/c1-2-30-24(29)10-7-14-26-13-5-6-15-27-21-9-4-3-8-18(21)11-12-19-16-23(28)20(25)17-22(19)27;5-3-8-2-1-4(6)7/h3-4,7-10,16-17,26,28H,2,5-6,11-15H2,1H3;1-3H,(H,6,7)/b10-7+;2-1-. The van der Waals surface area contributed by atoms with Gasteiger partial charge in [-0.2, -0.15) is 0 Å². The fourth-order valence-electron chi connectivity index (χ4n) is 3.85. The summed E-state index contributed by atoms with van der Waals surface area (Å²) in [6.07, 6.45) is 8.57. The first-order chi connectivity index (χ1) is 18.4. The Labute approximate surface area is 227 Å². The highest BCUT2D eigenvalue weighted by atomic mass is 35.5. The van der Waals surface area contributed by atoms with Gasteiger partial charge in [0.25, 0.3) is 6.47 Å². The fraction of sp³-hybridized carbons (Fsp3) is 0.321. The van der Waals surface area contributed by atoms with Gasteiger partial charge in [0.2, 0.25) is 0 Å². The highest BCUT2D eigenvalue weighted by Crippen LogP contribution is 2.40. The molecule has 0 saturated heterocycles.